The zero-order valence-electron chi connectivity index (χ0n) is 10.7. The van der Waals surface area contributed by atoms with E-state index in [1.54, 1.807) is 4.90 Å². The van der Waals surface area contributed by atoms with E-state index in [1.165, 1.54) is 0 Å². The van der Waals surface area contributed by atoms with Gasteiger partial charge in [-0.2, -0.15) is 0 Å². The second-order valence-electron chi connectivity index (χ2n) is 4.46. The van der Waals surface area contributed by atoms with Crippen molar-refractivity contribution in [3.8, 4) is 12.3 Å². The van der Waals surface area contributed by atoms with Gasteiger partial charge >= 0.3 is 0 Å². The Balaban J connectivity index is 2.43. The molecule has 1 aliphatic rings. The molecule has 0 radical (unpaired) electrons. The smallest absolute Gasteiger partial charge is 0.224 e. The number of nitrogens with zero attached hydrogens (tertiary/aromatic N) is 1. The Hall–Kier alpha value is -1.54. The third kappa shape index (κ3) is 4.38. The van der Waals surface area contributed by atoms with E-state index in [0.717, 1.165) is 19.4 Å². The van der Waals surface area contributed by atoms with Gasteiger partial charge < -0.3 is 16.0 Å². The number of piperidine rings is 1. The molecular formula is C13H21N3O2. The van der Waals surface area contributed by atoms with Crippen molar-refractivity contribution in [1.82, 2.24) is 10.2 Å². The molecule has 1 rings (SSSR count). The lowest BCUT2D eigenvalue weighted by molar-refractivity contribution is -0.135. The van der Waals surface area contributed by atoms with Crippen LogP contribution in [0.2, 0.25) is 0 Å². The van der Waals surface area contributed by atoms with Crippen molar-refractivity contribution < 1.29 is 9.59 Å². The Bertz CT molecular complexity index is 336. The van der Waals surface area contributed by atoms with E-state index in [4.69, 9.17) is 12.2 Å². The molecule has 1 heterocycles. The lowest BCUT2D eigenvalue weighted by Gasteiger charge is -2.32. The van der Waals surface area contributed by atoms with Crippen molar-refractivity contribution in [3.05, 3.63) is 0 Å². The average Bonchev–Trinajstić information content (AvgIpc) is 2.42. The summed E-state index contributed by atoms with van der Waals surface area (Å²) < 4.78 is 0. The standard InChI is InChI=1S/C13H21N3O2/c1-2-3-6-12(17)16-9-4-5-11(10-16)13(18)15-8-7-14/h1,11H,3-10,14H2,(H,15,18). The number of carbonyl (C=O) groups excluding carboxylic acids is 2. The fourth-order valence-corrected chi connectivity index (χ4v) is 2.09. The summed E-state index contributed by atoms with van der Waals surface area (Å²) in [6, 6.07) is 0. The Morgan fingerprint density at radius 2 is 2.28 bits per heavy atom. The van der Waals surface area contributed by atoms with E-state index in [0.29, 0.717) is 32.5 Å². The van der Waals surface area contributed by atoms with Gasteiger partial charge in [-0.1, -0.05) is 0 Å². The lowest BCUT2D eigenvalue weighted by Crippen LogP contribution is -2.46. The van der Waals surface area contributed by atoms with Gasteiger partial charge in [0.25, 0.3) is 0 Å². The molecule has 1 unspecified atom stereocenters. The summed E-state index contributed by atoms with van der Waals surface area (Å²) in [5.74, 6) is 2.39. The molecule has 0 spiro atoms. The molecule has 1 fully saturated rings. The number of likely N-dealkylation sites (tertiary alicyclic amines) is 1. The second kappa shape index (κ2) is 7.72. The van der Waals surface area contributed by atoms with Crippen molar-refractivity contribution in [3.63, 3.8) is 0 Å². The van der Waals surface area contributed by atoms with Crippen LogP contribution in [0.25, 0.3) is 0 Å². The van der Waals surface area contributed by atoms with Crippen LogP contribution in [0.1, 0.15) is 25.7 Å². The number of nitrogens with two attached hydrogens (primary N) is 1. The second-order valence-corrected chi connectivity index (χ2v) is 4.46. The molecular weight excluding hydrogens is 230 g/mol. The van der Waals surface area contributed by atoms with Crippen LogP contribution >= 0.6 is 0 Å². The van der Waals surface area contributed by atoms with Crippen molar-refractivity contribution in [2.24, 2.45) is 11.7 Å². The SMILES string of the molecule is C#CCCC(=O)N1CCCC(C(=O)NCCN)C1. The maximum absolute atomic E-state index is 11.8. The average molecular weight is 251 g/mol. The largest absolute Gasteiger partial charge is 0.355 e. The molecule has 1 atom stereocenters. The molecule has 1 aliphatic heterocycles. The lowest BCUT2D eigenvalue weighted by atomic mass is 9.96. The van der Waals surface area contributed by atoms with Gasteiger partial charge in [-0.05, 0) is 12.8 Å². The molecule has 100 valence electrons. The van der Waals surface area contributed by atoms with Gasteiger partial charge in [0.15, 0.2) is 0 Å². The summed E-state index contributed by atoms with van der Waals surface area (Å²) >= 11 is 0. The zero-order chi connectivity index (χ0) is 13.4. The quantitative estimate of drug-likeness (QED) is 0.660. The summed E-state index contributed by atoms with van der Waals surface area (Å²) in [4.78, 5) is 25.4. The first-order chi connectivity index (χ1) is 8.69. The van der Waals surface area contributed by atoms with Crippen LogP contribution in [-0.2, 0) is 9.59 Å². The monoisotopic (exact) mass is 251 g/mol. The molecule has 0 aromatic rings. The normalized spacial score (nSPS) is 19.1. The van der Waals surface area contributed by atoms with Gasteiger partial charge in [0, 0.05) is 39.0 Å². The molecule has 5 heteroatoms. The van der Waals surface area contributed by atoms with Crippen LogP contribution < -0.4 is 11.1 Å². The fraction of sp³-hybridized carbons (Fsp3) is 0.692. The number of terminal acetylenes is 1. The Morgan fingerprint density at radius 1 is 1.50 bits per heavy atom. The minimum Gasteiger partial charge on any atom is -0.355 e. The minimum absolute atomic E-state index is 0.00472. The first-order valence-corrected chi connectivity index (χ1v) is 6.38. The van der Waals surface area contributed by atoms with Crippen molar-refractivity contribution in [1.29, 1.82) is 0 Å². The number of hydrogen-bond acceptors (Lipinski definition) is 3. The van der Waals surface area contributed by atoms with E-state index in [1.807, 2.05) is 0 Å². The first-order valence-electron chi connectivity index (χ1n) is 6.38. The third-order valence-electron chi connectivity index (χ3n) is 3.07. The Morgan fingerprint density at radius 3 is 2.94 bits per heavy atom. The molecule has 3 N–H and O–H groups in total. The zero-order valence-corrected chi connectivity index (χ0v) is 10.7. The number of carbonyl (C=O) groups is 2. The van der Waals surface area contributed by atoms with Gasteiger partial charge in [-0.25, -0.2) is 0 Å². The number of nitrogens with one attached hydrogen (secondary N) is 1. The maximum Gasteiger partial charge on any atom is 0.224 e. The highest BCUT2D eigenvalue weighted by atomic mass is 16.2. The third-order valence-corrected chi connectivity index (χ3v) is 3.07. The summed E-state index contributed by atoms with van der Waals surface area (Å²) in [5.41, 5.74) is 5.34. The van der Waals surface area contributed by atoms with E-state index < -0.39 is 0 Å². The van der Waals surface area contributed by atoms with Gasteiger partial charge in [0.2, 0.25) is 11.8 Å². The van der Waals surface area contributed by atoms with E-state index in [-0.39, 0.29) is 17.7 Å². The minimum atomic E-state index is -0.111. The summed E-state index contributed by atoms with van der Waals surface area (Å²) in [6.07, 6.45) is 7.66. The molecule has 5 nitrogen and oxygen atoms in total. The van der Waals surface area contributed by atoms with Crippen LogP contribution in [0, 0.1) is 18.3 Å². The van der Waals surface area contributed by atoms with Crippen LogP contribution in [0.4, 0.5) is 0 Å². The van der Waals surface area contributed by atoms with E-state index >= 15 is 0 Å². The molecule has 0 saturated carbocycles. The molecule has 1 saturated heterocycles. The first kappa shape index (κ1) is 14.5. The van der Waals surface area contributed by atoms with Crippen molar-refractivity contribution in [2.75, 3.05) is 26.2 Å². The molecule has 2 amide bonds. The van der Waals surface area contributed by atoms with Gasteiger partial charge in [0.1, 0.15) is 0 Å². The van der Waals surface area contributed by atoms with Crippen LogP contribution in [0.15, 0.2) is 0 Å². The topological polar surface area (TPSA) is 75.4 Å². The molecule has 0 aromatic carbocycles. The number of amides is 2. The summed E-state index contributed by atoms with van der Waals surface area (Å²) in [7, 11) is 0. The van der Waals surface area contributed by atoms with E-state index in [9.17, 15) is 9.59 Å². The van der Waals surface area contributed by atoms with Crippen LogP contribution in [-0.4, -0.2) is 42.9 Å². The van der Waals surface area contributed by atoms with Gasteiger partial charge in [-0.3, -0.25) is 9.59 Å². The van der Waals surface area contributed by atoms with E-state index in [2.05, 4.69) is 11.2 Å². The number of hydrogen-bond donors (Lipinski definition) is 2. The molecule has 0 aromatic heterocycles. The highest BCUT2D eigenvalue weighted by Crippen LogP contribution is 2.17. The Kier molecular flexibility index (Phi) is 6.23. The van der Waals surface area contributed by atoms with Gasteiger partial charge in [0.05, 0.1) is 5.92 Å². The summed E-state index contributed by atoms with van der Waals surface area (Å²) in [5, 5.41) is 2.77. The van der Waals surface area contributed by atoms with Gasteiger partial charge in [-0.15, -0.1) is 12.3 Å². The molecule has 0 bridgehead atoms. The number of rotatable bonds is 5. The molecule has 0 aliphatic carbocycles. The van der Waals surface area contributed by atoms with Crippen LogP contribution in [0.3, 0.4) is 0 Å². The van der Waals surface area contributed by atoms with Crippen molar-refractivity contribution >= 4 is 11.8 Å². The maximum atomic E-state index is 11.8. The predicted octanol–water partition coefficient (Wildman–Crippen LogP) is -0.287. The Labute approximate surface area is 108 Å². The van der Waals surface area contributed by atoms with Crippen LogP contribution in [0.5, 0.6) is 0 Å². The highest BCUT2D eigenvalue weighted by Gasteiger charge is 2.27. The fourth-order valence-electron chi connectivity index (χ4n) is 2.09. The predicted molar refractivity (Wildman–Crippen MR) is 69.4 cm³/mol. The highest BCUT2D eigenvalue weighted by molar-refractivity contribution is 5.81. The van der Waals surface area contributed by atoms with Crippen molar-refractivity contribution in [2.45, 2.75) is 25.7 Å². The molecule has 18 heavy (non-hydrogen) atoms. The summed E-state index contributed by atoms with van der Waals surface area (Å²) in [6.45, 7) is 2.15.